The van der Waals surface area contributed by atoms with Crippen LogP contribution in [0.5, 0.6) is 11.5 Å². The number of amides is 1. The van der Waals surface area contributed by atoms with Crippen LogP contribution in [0.1, 0.15) is 21.6 Å². The van der Waals surface area contributed by atoms with Crippen molar-refractivity contribution in [1.29, 1.82) is 0 Å². The largest absolute Gasteiger partial charge is 0.493 e. The molecule has 2 N–H and O–H groups in total. The van der Waals surface area contributed by atoms with Gasteiger partial charge in [-0.2, -0.15) is 0 Å². The summed E-state index contributed by atoms with van der Waals surface area (Å²) in [6.07, 6.45) is 0.164. The van der Waals surface area contributed by atoms with Crippen molar-refractivity contribution < 1.29 is 24.2 Å². The number of nitrogens with one attached hydrogen (secondary N) is 1. The van der Waals surface area contributed by atoms with E-state index < -0.39 is 5.97 Å². The molecule has 3 rings (SSSR count). The minimum atomic E-state index is -0.977. The monoisotopic (exact) mass is 412 g/mol. The molecule has 0 atom stereocenters. The van der Waals surface area contributed by atoms with Crippen LogP contribution in [-0.4, -0.2) is 36.2 Å². The van der Waals surface area contributed by atoms with Crippen molar-refractivity contribution in [3.63, 3.8) is 0 Å². The Morgan fingerprint density at radius 2 is 1.79 bits per heavy atom. The standard InChI is InChI=1S/C21H20N2O5S/c1-27-17-8-7-15(9-18(17)28-2)20-23-16(12-29-20)10-19(24)22-11-13-3-5-14(6-4-13)21(25)26/h3-9,12H,10-11H2,1-2H3,(H,22,24)(H,25,26). The molecule has 29 heavy (non-hydrogen) atoms. The Kier molecular flexibility index (Phi) is 6.46. The van der Waals surface area contributed by atoms with Gasteiger partial charge in [-0.15, -0.1) is 11.3 Å². The minimum absolute atomic E-state index is 0.156. The molecule has 0 aliphatic rings. The van der Waals surface area contributed by atoms with E-state index in [0.29, 0.717) is 23.7 Å². The molecule has 0 aliphatic carbocycles. The molecule has 0 saturated heterocycles. The predicted octanol–water partition coefficient (Wildman–Crippen LogP) is 3.38. The Bertz CT molecular complexity index is 1010. The highest BCUT2D eigenvalue weighted by molar-refractivity contribution is 7.13. The normalized spacial score (nSPS) is 10.4. The fraction of sp³-hybridized carbons (Fsp3) is 0.190. The lowest BCUT2D eigenvalue weighted by atomic mass is 10.1. The number of nitrogens with zero attached hydrogens (tertiary/aromatic N) is 1. The fourth-order valence-corrected chi connectivity index (χ4v) is 3.50. The van der Waals surface area contributed by atoms with Gasteiger partial charge in [0.25, 0.3) is 0 Å². The maximum absolute atomic E-state index is 12.2. The van der Waals surface area contributed by atoms with E-state index in [1.165, 1.54) is 23.5 Å². The van der Waals surface area contributed by atoms with Crippen molar-refractivity contribution in [1.82, 2.24) is 10.3 Å². The zero-order valence-corrected chi connectivity index (χ0v) is 16.8. The van der Waals surface area contributed by atoms with E-state index in [1.807, 2.05) is 23.6 Å². The Hall–Kier alpha value is -3.39. The van der Waals surface area contributed by atoms with Crippen LogP contribution in [0.4, 0.5) is 0 Å². The molecule has 0 radical (unpaired) electrons. The summed E-state index contributed by atoms with van der Waals surface area (Å²) in [6, 6.07) is 12.0. The number of methoxy groups -OCH3 is 2. The molecule has 7 nitrogen and oxygen atoms in total. The molecule has 1 heterocycles. The Morgan fingerprint density at radius 1 is 1.07 bits per heavy atom. The highest BCUT2D eigenvalue weighted by atomic mass is 32.1. The van der Waals surface area contributed by atoms with Crippen LogP contribution >= 0.6 is 11.3 Å². The summed E-state index contributed by atoms with van der Waals surface area (Å²) in [4.78, 5) is 27.6. The first-order valence-electron chi connectivity index (χ1n) is 8.76. The number of aromatic nitrogens is 1. The SMILES string of the molecule is COc1ccc(-c2nc(CC(=O)NCc3ccc(C(=O)O)cc3)cs2)cc1OC. The van der Waals surface area contributed by atoms with Crippen LogP contribution in [0.15, 0.2) is 47.8 Å². The lowest BCUT2D eigenvalue weighted by Crippen LogP contribution is -2.24. The molecular formula is C21H20N2O5S. The van der Waals surface area contributed by atoms with Gasteiger partial charge in [0.1, 0.15) is 5.01 Å². The molecular weight excluding hydrogens is 392 g/mol. The van der Waals surface area contributed by atoms with Crippen LogP contribution in [0, 0.1) is 0 Å². The summed E-state index contributed by atoms with van der Waals surface area (Å²) in [5, 5.41) is 14.4. The molecule has 1 aromatic heterocycles. The summed E-state index contributed by atoms with van der Waals surface area (Å²) in [5.74, 6) is 0.128. The number of thiazole rings is 1. The van der Waals surface area contributed by atoms with Crippen molar-refractivity contribution in [2.24, 2.45) is 0 Å². The van der Waals surface area contributed by atoms with E-state index in [0.717, 1.165) is 16.1 Å². The highest BCUT2D eigenvalue weighted by Crippen LogP contribution is 2.33. The molecule has 0 aliphatic heterocycles. The van der Waals surface area contributed by atoms with Crippen LogP contribution in [0.3, 0.4) is 0 Å². The molecule has 8 heteroatoms. The fourth-order valence-electron chi connectivity index (χ4n) is 2.68. The lowest BCUT2D eigenvalue weighted by Gasteiger charge is -2.08. The van der Waals surface area contributed by atoms with Crippen LogP contribution in [0.2, 0.25) is 0 Å². The Morgan fingerprint density at radius 3 is 2.45 bits per heavy atom. The molecule has 0 saturated carbocycles. The summed E-state index contributed by atoms with van der Waals surface area (Å²) in [6.45, 7) is 0.325. The summed E-state index contributed by atoms with van der Waals surface area (Å²) < 4.78 is 10.6. The van der Waals surface area contributed by atoms with Gasteiger partial charge in [0.2, 0.25) is 5.91 Å². The van der Waals surface area contributed by atoms with Crippen LogP contribution < -0.4 is 14.8 Å². The van der Waals surface area contributed by atoms with E-state index in [-0.39, 0.29) is 17.9 Å². The molecule has 3 aromatic rings. The van der Waals surface area contributed by atoms with Crippen molar-refractivity contribution >= 4 is 23.2 Å². The van der Waals surface area contributed by atoms with Crippen molar-refractivity contribution in [3.05, 3.63) is 64.7 Å². The number of hydrogen-bond donors (Lipinski definition) is 2. The Labute approximate surface area is 171 Å². The summed E-state index contributed by atoms with van der Waals surface area (Å²) in [7, 11) is 3.16. The molecule has 0 bridgehead atoms. The minimum Gasteiger partial charge on any atom is -0.493 e. The second kappa shape index (κ2) is 9.20. The van der Waals surface area contributed by atoms with Gasteiger partial charge < -0.3 is 19.9 Å². The number of hydrogen-bond acceptors (Lipinski definition) is 6. The molecule has 1 amide bonds. The molecule has 150 valence electrons. The second-order valence-corrected chi connectivity index (χ2v) is 7.03. The molecule has 0 unspecified atom stereocenters. The number of carboxylic acid groups (broad SMARTS) is 1. The van der Waals surface area contributed by atoms with E-state index >= 15 is 0 Å². The number of carbonyl (C=O) groups is 2. The topological polar surface area (TPSA) is 97.8 Å². The third-order valence-corrected chi connectivity index (χ3v) is 5.15. The zero-order valence-electron chi connectivity index (χ0n) is 16.0. The van der Waals surface area contributed by atoms with Crippen molar-refractivity contribution in [3.8, 4) is 22.1 Å². The van der Waals surface area contributed by atoms with Crippen LogP contribution in [0.25, 0.3) is 10.6 Å². The third kappa shape index (κ3) is 5.11. The summed E-state index contributed by atoms with van der Waals surface area (Å²) >= 11 is 1.45. The van der Waals surface area contributed by atoms with Gasteiger partial charge in [0.05, 0.1) is 31.9 Å². The first kappa shape index (κ1) is 20.3. The van der Waals surface area contributed by atoms with Crippen molar-refractivity contribution in [2.45, 2.75) is 13.0 Å². The van der Waals surface area contributed by atoms with Gasteiger partial charge in [0.15, 0.2) is 11.5 Å². The first-order chi connectivity index (χ1) is 14.0. The van der Waals surface area contributed by atoms with Gasteiger partial charge in [-0.05, 0) is 35.9 Å². The average Bonchev–Trinajstić information content (AvgIpc) is 3.20. The lowest BCUT2D eigenvalue weighted by molar-refractivity contribution is -0.120. The third-order valence-electron chi connectivity index (χ3n) is 4.21. The number of ether oxygens (including phenoxy) is 2. The maximum Gasteiger partial charge on any atom is 0.335 e. The van der Waals surface area contributed by atoms with Gasteiger partial charge in [0, 0.05) is 17.5 Å². The van der Waals surface area contributed by atoms with Crippen molar-refractivity contribution in [2.75, 3.05) is 14.2 Å². The van der Waals surface area contributed by atoms with Crippen LogP contribution in [-0.2, 0) is 17.8 Å². The Balaban J connectivity index is 1.59. The predicted molar refractivity (Wildman–Crippen MR) is 110 cm³/mol. The first-order valence-corrected chi connectivity index (χ1v) is 9.64. The van der Waals surface area contributed by atoms with Gasteiger partial charge >= 0.3 is 5.97 Å². The van der Waals surface area contributed by atoms with E-state index in [2.05, 4.69) is 10.3 Å². The number of rotatable bonds is 8. The molecule has 0 fully saturated rings. The number of carbonyl (C=O) groups excluding carboxylic acids is 1. The average molecular weight is 412 g/mol. The quantitative estimate of drug-likeness (QED) is 0.589. The van der Waals surface area contributed by atoms with E-state index in [4.69, 9.17) is 14.6 Å². The number of benzene rings is 2. The second-order valence-electron chi connectivity index (χ2n) is 6.17. The molecule has 0 spiro atoms. The number of carboxylic acids is 1. The smallest absolute Gasteiger partial charge is 0.335 e. The highest BCUT2D eigenvalue weighted by Gasteiger charge is 2.12. The van der Waals surface area contributed by atoms with E-state index in [9.17, 15) is 9.59 Å². The number of aromatic carboxylic acids is 1. The van der Waals surface area contributed by atoms with Gasteiger partial charge in [-0.25, -0.2) is 9.78 Å². The van der Waals surface area contributed by atoms with E-state index in [1.54, 1.807) is 26.4 Å². The zero-order chi connectivity index (χ0) is 20.8. The molecule has 2 aromatic carbocycles. The maximum atomic E-state index is 12.2. The van der Waals surface area contributed by atoms with Gasteiger partial charge in [-0.3, -0.25) is 4.79 Å². The van der Waals surface area contributed by atoms with Gasteiger partial charge in [-0.1, -0.05) is 12.1 Å². The summed E-state index contributed by atoms with van der Waals surface area (Å²) in [5.41, 5.74) is 2.61.